The first-order valence-corrected chi connectivity index (χ1v) is 10.4. The number of sulfonamides is 1. The molecule has 0 radical (unpaired) electrons. The van der Waals surface area contributed by atoms with Gasteiger partial charge in [0.25, 0.3) is 15.9 Å². The average molecular weight is 391 g/mol. The largest absolute Gasteiger partial charge is 0.395 e. The Morgan fingerprint density at radius 2 is 1.74 bits per heavy atom. The molecule has 146 valence electrons. The van der Waals surface area contributed by atoms with Gasteiger partial charge in [-0.1, -0.05) is 37.6 Å². The maximum atomic E-state index is 12.9. The summed E-state index contributed by atoms with van der Waals surface area (Å²) in [6, 6.07) is 14.8. The van der Waals surface area contributed by atoms with E-state index in [0.29, 0.717) is 17.8 Å². The van der Waals surface area contributed by atoms with E-state index in [1.54, 1.807) is 41.3 Å². The molecule has 0 heterocycles. The second-order valence-electron chi connectivity index (χ2n) is 6.21. The Balaban J connectivity index is 2.31. The molecule has 0 atom stereocenters. The Labute approximate surface area is 161 Å². The first-order valence-electron chi connectivity index (χ1n) is 8.96. The van der Waals surface area contributed by atoms with Crippen LogP contribution in [0.15, 0.2) is 59.5 Å². The van der Waals surface area contributed by atoms with Crippen LogP contribution in [0.1, 0.15) is 30.1 Å². The fourth-order valence-electron chi connectivity index (χ4n) is 2.69. The minimum Gasteiger partial charge on any atom is -0.395 e. The zero-order valence-electron chi connectivity index (χ0n) is 15.7. The second kappa shape index (κ2) is 9.53. The van der Waals surface area contributed by atoms with Gasteiger partial charge in [0.15, 0.2) is 0 Å². The number of aliphatic hydroxyl groups excluding tert-OH is 1. The number of benzene rings is 2. The highest BCUT2D eigenvalue weighted by molar-refractivity contribution is 7.92. The maximum absolute atomic E-state index is 12.9. The first-order chi connectivity index (χ1) is 12.9. The minimum atomic E-state index is -3.79. The Morgan fingerprint density at radius 3 is 2.37 bits per heavy atom. The van der Waals surface area contributed by atoms with Crippen molar-refractivity contribution in [3.63, 3.8) is 0 Å². The van der Waals surface area contributed by atoms with Gasteiger partial charge in [-0.3, -0.25) is 9.10 Å². The van der Waals surface area contributed by atoms with E-state index in [9.17, 15) is 18.3 Å². The van der Waals surface area contributed by atoms with Crippen LogP contribution in [-0.4, -0.2) is 51.1 Å². The van der Waals surface area contributed by atoms with Gasteiger partial charge in [0.2, 0.25) is 0 Å². The lowest BCUT2D eigenvalue weighted by molar-refractivity contribution is 0.0719. The molecular weight excluding hydrogens is 364 g/mol. The Hall–Kier alpha value is -2.38. The molecule has 0 saturated carbocycles. The number of carbonyl (C=O) groups excluding carboxylic acids is 1. The van der Waals surface area contributed by atoms with Crippen LogP contribution in [0.3, 0.4) is 0 Å². The van der Waals surface area contributed by atoms with E-state index < -0.39 is 10.0 Å². The second-order valence-corrected chi connectivity index (χ2v) is 8.17. The van der Waals surface area contributed by atoms with Gasteiger partial charge in [-0.05, 0) is 36.8 Å². The molecule has 0 fully saturated rings. The summed E-state index contributed by atoms with van der Waals surface area (Å²) in [4.78, 5) is 14.4. The third-order valence-electron chi connectivity index (χ3n) is 4.30. The van der Waals surface area contributed by atoms with E-state index in [1.807, 2.05) is 13.0 Å². The summed E-state index contributed by atoms with van der Waals surface area (Å²) in [5.74, 6) is -0.281. The number of carbonyl (C=O) groups is 1. The molecule has 6 nitrogen and oxygen atoms in total. The van der Waals surface area contributed by atoms with Crippen LogP contribution in [0, 0.1) is 0 Å². The van der Waals surface area contributed by atoms with Crippen LogP contribution < -0.4 is 4.31 Å². The number of hydrogen-bond acceptors (Lipinski definition) is 4. The van der Waals surface area contributed by atoms with Crippen LogP contribution in [-0.2, 0) is 10.0 Å². The lowest BCUT2D eigenvalue weighted by atomic mass is 10.2. The van der Waals surface area contributed by atoms with Crippen molar-refractivity contribution >= 4 is 21.6 Å². The number of nitrogens with zero attached hydrogens (tertiary/aromatic N) is 2. The Morgan fingerprint density at radius 1 is 1.04 bits per heavy atom. The summed E-state index contributed by atoms with van der Waals surface area (Å²) in [5, 5.41) is 9.22. The van der Waals surface area contributed by atoms with E-state index in [-0.39, 0.29) is 24.0 Å². The van der Waals surface area contributed by atoms with Crippen molar-refractivity contribution in [3.05, 3.63) is 60.2 Å². The van der Waals surface area contributed by atoms with Crippen LogP contribution in [0.25, 0.3) is 0 Å². The molecular formula is C20H26N2O4S. The number of rotatable bonds is 9. The Kier molecular flexibility index (Phi) is 7.38. The summed E-state index contributed by atoms with van der Waals surface area (Å²) in [5.41, 5.74) is 0.834. The molecule has 2 aromatic rings. The molecule has 1 N–H and O–H groups in total. The van der Waals surface area contributed by atoms with Gasteiger partial charge in [-0.2, -0.15) is 0 Å². The fourth-order valence-corrected chi connectivity index (χ4v) is 3.93. The summed E-state index contributed by atoms with van der Waals surface area (Å²) in [7, 11) is -2.31. The maximum Gasteiger partial charge on any atom is 0.264 e. The SMILES string of the molecule is CCCCN(CCO)C(=O)c1cccc(S(=O)(=O)N(C)c2ccccc2)c1. The lowest BCUT2D eigenvalue weighted by Gasteiger charge is -2.23. The molecule has 0 saturated heterocycles. The zero-order chi connectivity index (χ0) is 19.9. The molecule has 0 aliphatic rings. The molecule has 0 spiro atoms. The van der Waals surface area contributed by atoms with Crippen molar-refractivity contribution in [2.75, 3.05) is 31.0 Å². The number of unbranched alkanes of at least 4 members (excludes halogenated alkanes) is 1. The predicted molar refractivity (Wildman–Crippen MR) is 106 cm³/mol. The third-order valence-corrected chi connectivity index (χ3v) is 6.08. The number of hydrogen-bond donors (Lipinski definition) is 1. The van der Waals surface area contributed by atoms with Crippen LogP contribution in [0.5, 0.6) is 0 Å². The summed E-state index contributed by atoms with van der Waals surface area (Å²) in [6.45, 7) is 2.63. The van der Waals surface area contributed by atoms with Gasteiger partial charge < -0.3 is 10.0 Å². The molecule has 7 heteroatoms. The molecule has 0 aliphatic heterocycles. The molecule has 0 aliphatic carbocycles. The fraction of sp³-hybridized carbons (Fsp3) is 0.350. The van der Waals surface area contributed by atoms with Gasteiger partial charge in [-0.15, -0.1) is 0 Å². The topological polar surface area (TPSA) is 77.9 Å². The number of para-hydroxylation sites is 1. The zero-order valence-corrected chi connectivity index (χ0v) is 16.5. The average Bonchev–Trinajstić information content (AvgIpc) is 2.70. The number of amides is 1. The van der Waals surface area contributed by atoms with E-state index in [0.717, 1.165) is 12.8 Å². The van der Waals surface area contributed by atoms with Gasteiger partial charge in [-0.25, -0.2) is 8.42 Å². The summed E-state index contributed by atoms with van der Waals surface area (Å²) >= 11 is 0. The van der Waals surface area contributed by atoms with Crippen molar-refractivity contribution < 1.29 is 18.3 Å². The number of aliphatic hydroxyl groups is 1. The van der Waals surface area contributed by atoms with Crippen molar-refractivity contribution in [1.29, 1.82) is 0 Å². The molecule has 1 amide bonds. The van der Waals surface area contributed by atoms with E-state index in [4.69, 9.17) is 0 Å². The highest BCUT2D eigenvalue weighted by Crippen LogP contribution is 2.22. The van der Waals surface area contributed by atoms with Gasteiger partial charge in [0.05, 0.1) is 17.2 Å². The van der Waals surface area contributed by atoms with E-state index in [1.165, 1.54) is 23.5 Å². The third kappa shape index (κ3) is 5.08. The molecule has 0 unspecified atom stereocenters. The minimum absolute atomic E-state index is 0.0548. The molecule has 2 aromatic carbocycles. The van der Waals surface area contributed by atoms with Crippen LogP contribution in [0.2, 0.25) is 0 Å². The highest BCUT2D eigenvalue weighted by Gasteiger charge is 2.23. The summed E-state index contributed by atoms with van der Waals surface area (Å²) < 4.78 is 27.1. The molecule has 27 heavy (non-hydrogen) atoms. The first kappa shape index (κ1) is 20.9. The normalized spacial score (nSPS) is 11.2. The van der Waals surface area contributed by atoms with E-state index >= 15 is 0 Å². The van der Waals surface area contributed by atoms with E-state index in [2.05, 4.69) is 0 Å². The molecule has 2 rings (SSSR count). The Bertz CT molecular complexity index is 853. The van der Waals surface area contributed by atoms with Gasteiger partial charge in [0.1, 0.15) is 0 Å². The summed E-state index contributed by atoms with van der Waals surface area (Å²) in [6.07, 6.45) is 1.74. The van der Waals surface area contributed by atoms with Gasteiger partial charge >= 0.3 is 0 Å². The number of anilines is 1. The quantitative estimate of drug-likeness (QED) is 0.714. The predicted octanol–water partition coefficient (Wildman–Crippen LogP) is 2.75. The van der Waals surface area contributed by atoms with Crippen molar-refractivity contribution in [2.24, 2.45) is 0 Å². The van der Waals surface area contributed by atoms with Gasteiger partial charge in [0, 0.05) is 25.7 Å². The highest BCUT2D eigenvalue weighted by atomic mass is 32.2. The molecule has 0 aromatic heterocycles. The van der Waals surface area contributed by atoms with Crippen LogP contribution in [0.4, 0.5) is 5.69 Å². The smallest absolute Gasteiger partial charge is 0.264 e. The monoisotopic (exact) mass is 390 g/mol. The van der Waals surface area contributed by atoms with Crippen molar-refractivity contribution in [3.8, 4) is 0 Å². The molecule has 0 bridgehead atoms. The standard InChI is InChI=1S/C20H26N2O4S/c1-3-4-13-22(14-15-23)20(24)17-9-8-12-19(16-17)27(25,26)21(2)18-10-6-5-7-11-18/h5-12,16,23H,3-4,13-15H2,1-2H3. The van der Waals surface area contributed by atoms with Crippen LogP contribution >= 0.6 is 0 Å². The lowest BCUT2D eigenvalue weighted by Crippen LogP contribution is -2.34. The van der Waals surface area contributed by atoms with Crippen molar-refractivity contribution in [1.82, 2.24) is 4.90 Å². The van der Waals surface area contributed by atoms with Crippen molar-refractivity contribution in [2.45, 2.75) is 24.7 Å².